The predicted octanol–water partition coefficient (Wildman–Crippen LogP) is 5.17. The molecule has 0 radical (unpaired) electrons. The number of rotatable bonds is 12. The van der Waals surface area contributed by atoms with Gasteiger partial charge in [0.2, 0.25) is 5.91 Å². The van der Waals surface area contributed by atoms with E-state index in [1.54, 1.807) is 18.2 Å². The van der Waals surface area contributed by atoms with Crippen molar-refractivity contribution in [1.29, 1.82) is 5.26 Å². The third-order valence-corrected chi connectivity index (χ3v) is 7.95. The van der Waals surface area contributed by atoms with Crippen LogP contribution in [0.1, 0.15) is 32.3 Å². The second-order valence-electron chi connectivity index (χ2n) is 8.77. The zero-order valence-electron chi connectivity index (χ0n) is 22.2. The number of anilines is 2. The van der Waals surface area contributed by atoms with Gasteiger partial charge in [-0.1, -0.05) is 23.2 Å². The molecule has 0 aliphatic rings. The van der Waals surface area contributed by atoms with Crippen molar-refractivity contribution < 1.29 is 30.7 Å². The molecular weight excluding hydrogens is 633 g/mol. The van der Waals surface area contributed by atoms with Crippen molar-refractivity contribution in [3.8, 4) is 11.8 Å². The van der Waals surface area contributed by atoms with Crippen LogP contribution in [0.3, 0.4) is 0 Å². The Labute approximate surface area is 252 Å². The Morgan fingerprint density at radius 3 is 2.33 bits per heavy atom. The van der Waals surface area contributed by atoms with E-state index in [0.29, 0.717) is 30.9 Å². The van der Waals surface area contributed by atoms with E-state index in [1.807, 2.05) is 17.9 Å². The van der Waals surface area contributed by atoms with E-state index in [0.717, 1.165) is 16.8 Å². The van der Waals surface area contributed by atoms with Crippen LogP contribution >= 0.6 is 23.2 Å². The fourth-order valence-corrected chi connectivity index (χ4v) is 5.71. The monoisotopic (exact) mass is 657 g/mol. The Bertz CT molecular complexity index is 1760. The van der Waals surface area contributed by atoms with Crippen LogP contribution in [0.15, 0.2) is 51.7 Å². The van der Waals surface area contributed by atoms with Gasteiger partial charge in [0.15, 0.2) is 5.82 Å². The van der Waals surface area contributed by atoms with Gasteiger partial charge in [-0.25, -0.2) is 4.68 Å². The van der Waals surface area contributed by atoms with Gasteiger partial charge in [0.25, 0.3) is 20.2 Å². The highest BCUT2D eigenvalue weighted by Crippen LogP contribution is 2.37. The maximum Gasteiger partial charge on any atom is 0.294 e. The lowest BCUT2D eigenvalue weighted by atomic mass is 10.2. The lowest BCUT2D eigenvalue weighted by Gasteiger charge is -2.24. The number of carbonyl (C=O) groups is 1. The van der Waals surface area contributed by atoms with Gasteiger partial charge in [-0.2, -0.15) is 27.2 Å². The van der Waals surface area contributed by atoms with Gasteiger partial charge in [0, 0.05) is 25.7 Å². The van der Waals surface area contributed by atoms with Crippen LogP contribution in [-0.2, 0) is 25.0 Å². The average molecular weight is 659 g/mol. The number of halogens is 2. The molecule has 0 atom stereocenters. The standard InChI is InChI=1S/C24H25Cl2N7O7S2/c1-3-32(8-4-5-9-41(35,36)37)17-6-7-21(22(10-17)29-15(2)34)30-31-24-16(13-27)14-28-33(24)23-19(25)11-18(12-20(23)26)42(38,39)40/h6-7,10-12,14H,3-5,8-9H2,1-2H3,(H,29,34)(H,35,36,37)(H,38,39,40)/b31-30+. The van der Waals surface area contributed by atoms with Crippen LogP contribution in [0.2, 0.25) is 10.0 Å². The summed E-state index contributed by atoms with van der Waals surface area (Å²) in [5.41, 5.74) is 1.16. The Balaban J connectivity index is 2.00. The fourth-order valence-electron chi connectivity index (χ4n) is 3.83. The topological polar surface area (TPSA) is 207 Å². The van der Waals surface area contributed by atoms with Gasteiger partial charge in [-0.3, -0.25) is 13.9 Å². The molecule has 1 aromatic heterocycles. The minimum absolute atomic E-state index is 0.0220. The first-order valence-corrected chi connectivity index (χ1v) is 15.9. The summed E-state index contributed by atoms with van der Waals surface area (Å²) in [6.45, 7) is 4.26. The minimum atomic E-state index is -4.61. The van der Waals surface area contributed by atoms with E-state index in [4.69, 9.17) is 27.8 Å². The molecule has 0 saturated carbocycles. The van der Waals surface area contributed by atoms with Crippen molar-refractivity contribution in [1.82, 2.24) is 9.78 Å². The highest BCUT2D eigenvalue weighted by Gasteiger charge is 2.21. The van der Waals surface area contributed by atoms with Gasteiger partial charge >= 0.3 is 0 Å². The van der Waals surface area contributed by atoms with Crippen LogP contribution in [0.4, 0.5) is 22.9 Å². The number of nitrogens with one attached hydrogen (secondary N) is 1. The van der Waals surface area contributed by atoms with Gasteiger partial charge in [-0.05, 0) is 50.1 Å². The molecule has 2 aromatic carbocycles. The minimum Gasteiger partial charge on any atom is -0.372 e. The smallest absolute Gasteiger partial charge is 0.294 e. The largest absolute Gasteiger partial charge is 0.372 e. The highest BCUT2D eigenvalue weighted by molar-refractivity contribution is 7.86. The third-order valence-electron chi connectivity index (χ3n) is 5.73. The first kappa shape index (κ1) is 32.9. The lowest BCUT2D eigenvalue weighted by molar-refractivity contribution is -0.114. The summed E-state index contributed by atoms with van der Waals surface area (Å²) >= 11 is 12.5. The fraction of sp³-hybridized carbons (Fsp3) is 0.292. The molecular formula is C24H25Cl2N7O7S2. The maximum atomic E-state index is 11.9. The van der Waals surface area contributed by atoms with Crippen LogP contribution in [-0.4, -0.2) is 60.5 Å². The molecule has 3 rings (SSSR count). The number of carbonyl (C=O) groups excluding carboxylic acids is 1. The van der Waals surface area contributed by atoms with E-state index < -0.39 is 25.1 Å². The quantitative estimate of drug-likeness (QED) is 0.132. The molecule has 18 heteroatoms. The van der Waals surface area contributed by atoms with E-state index >= 15 is 0 Å². The second-order valence-corrected chi connectivity index (χ2v) is 12.6. The summed E-state index contributed by atoms with van der Waals surface area (Å²) < 4.78 is 64.4. The van der Waals surface area contributed by atoms with Gasteiger partial charge in [0.05, 0.1) is 32.6 Å². The summed E-state index contributed by atoms with van der Waals surface area (Å²) in [7, 11) is -8.65. The van der Waals surface area contributed by atoms with Crippen molar-refractivity contribution in [3.05, 3.63) is 52.1 Å². The van der Waals surface area contributed by atoms with E-state index in [1.165, 1.54) is 13.1 Å². The summed E-state index contributed by atoms with van der Waals surface area (Å²) in [5, 5.41) is 24.3. The molecule has 14 nitrogen and oxygen atoms in total. The average Bonchev–Trinajstić information content (AvgIpc) is 3.28. The van der Waals surface area contributed by atoms with Crippen molar-refractivity contribution in [2.24, 2.45) is 10.2 Å². The number of aromatic nitrogens is 2. The molecule has 0 unspecified atom stereocenters. The number of nitriles is 1. The van der Waals surface area contributed by atoms with Crippen molar-refractivity contribution in [3.63, 3.8) is 0 Å². The maximum absolute atomic E-state index is 11.9. The molecule has 0 bridgehead atoms. The molecule has 0 fully saturated rings. The lowest BCUT2D eigenvalue weighted by Crippen LogP contribution is -2.24. The first-order valence-electron chi connectivity index (χ1n) is 12.1. The first-order chi connectivity index (χ1) is 19.6. The normalized spacial score (nSPS) is 11.9. The van der Waals surface area contributed by atoms with Gasteiger partial charge in [-0.15, -0.1) is 10.2 Å². The number of azo groups is 1. The molecule has 1 amide bonds. The number of benzene rings is 2. The van der Waals surface area contributed by atoms with Crippen LogP contribution in [0.25, 0.3) is 5.69 Å². The predicted molar refractivity (Wildman–Crippen MR) is 157 cm³/mol. The Morgan fingerprint density at radius 1 is 1.12 bits per heavy atom. The van der Waals surface area contributed by atoms with E-state index in [-0.39, 0.29) is 50.9 Å². The molecule has 0 aliphatic carbocycles. The van der Waals surface area contributed by atoms with Gasteiger partial charge in [0.1, 0.15) is 23.0 Å². The van der Waals surface area contributed by atoms with Crippen molar-refractivity contribution >= 4 is 72.2 Å². The van der Waals surface area contributed by atoms with E-state index in [2.05, 4.69) is 20.6 Å². The Hall–Kier alpha value is -3.59. The summed E-state index contributed by atoms with van der Waals surface area (Å²) in [4.78, 5) is 13.3. The molecule has 224 valence electrons. The SMILES string of the molecule is CCN(CCCCS(=O)(=O)O)c1ccc(/N=N/c2c(C#N)cnn2-c2c(Cl)cc(S(=O)(=O)O)cc2Cl)c(NC(C)=O)c1. The Morgan fingerprint density at radius 2 is 1.79 bits per heavy atom. The van der Waals surface area contributed by atoms with E-state index in [9.17, 15) is 31.4 Å². The van der Waals surface area contributed by atoms with Crippen LogP contribution in [0, 0.1) is 11.3 Å². The molecule has 3 N–H and O–H groups in total. The van der Waals surface area contributed by atoms with Crippen molar-refractivity contribution in [2.75, 3.05) is 29.1 Å². The molecule has 0 aliphatic heterocycles. The zero-order chi connectivity index (χ0) is 31.2. The van der Waals surface area contributed by atoms with Crippen LogP contribution < -0.4 is 10.2 Å². The number of nitrogens with zero attached hydrogens (tertiary/aromatic N) is 6. The zero-order valence-corrected chi connectivity index (χ0v) is 25.3. The molecule has 0 spiro atoms. The highest BCUT2D eigenvalue weighted by atomic mass is 35.5. The number of unbranched alkanes of at least 4 members (excludes halogenated alkanes) is 1. The summed E-state index contributed by atoms with van der Waals surface area (Å²) in [6, 6.07) is 8.80. The third kappa shape index (κ3) is 8.47. The molecule has 3 aromatic rings. The number of amides is 1. The molecule has 42 heavy (non-hydrogen) atoms. The molecule has 1 heterocycles. The van der Waals surface area contributed by atoms with Gasteiger partial charge < -0.3 is 10.2 Å². The second kappa shape index (κ2) is 13.6. The summed E-state index contributed by atoms with van der Waals surface area (Å²) in [5.74, 6) is -0.837. The van der Waals surface area contributed by atoms with Crippen molar-refractivity contribution in [2.45, 2.75) is 31.6 Å². The Kier molecular flexibility index (Phi) is 10.7. The molecule has 0 saturated heterocycles. The summed E-state index contributed by atoms with van der Waals surface area (Å²) in [6.07, 6.45) is 1.93. The number of hydrogen-bond acceptors (Lipinski definition) is 10. The number of hydrogen-bond donors (Lipinski definition) is 3. The van der Waals surface area contributed by atoms with Crippen LogP contribution in [0.5, 0.6) is 0 Å².